The van der Waals surface area contributed by atoms with E-state index in [4.69, 9.17) is 9.84 Å². The normalized spacial score (nSPS) is 32.8. The summed E-state index contributed by atoms with van der Waals surface area (Å²) >= 11 is 0. The van der Waals surface area contributed by atoms with E-state index in [1.165, 1.54) is 25.7 Å². The van der Waals surface area contributed by atoms with Crippen molar-refractivity contribution in [2.75, 3.05) is 13.2 Å². The van der Waals surface area contributed by atoms with Gasteiger partial charge in [-0.05, 0) is 32.1 Å². The van der Waals surface area contributed by atoms with E-state index in [2.05, 4.69) is 6.08 Å². The average molecular weight is 182 g/mol. The smallest absolute Gasteiger partial charge is 0.0701 e. The number of fused-ring (bicyclic) bond motifs is 1. The van der Waals surface area contributed by atoms with E-state index in [1.54, 1.807) is 5.57 Å². The molecular weight excluding hydrogens is 164 g/mol. The van der Waals surface area contributed by atoms with Crippen LogP contribution < -0.4 is 0 Å². The van der Waals surface area contributed by atoms with Crippen LogP contribution >= 0.6 is 0 Å². The minimum atomic E-state index is 0.155. The Bertz CT molecular complexity index is 198. The first-order valence-corrected chi connectivity index (χ1v) is 5.33. The molecule has 0 heterocycles. The molecule has 2 rings (SSSR count). The van der Waals surface area contributed by atoms with Gasteiger partial charge < -0.3 is 9.84 Å². The van der Waals surface area contributed by atoms with Crippen LogP contribution in [0.1, 0.15) is 32.1 Å². The van der Waals surface area contributed by atoms with Gasteiger partial charge in [-0.15, -0.1) is 0 Å². The number of hydrogen-bond donors (Lipinski definition) is 1. The molecule has 2 heteroatoms. The van der Waals surface area contributed by atoms with Crippen LogP contribution in [0.4, 0.5) is 0 Å². The third-order valence-electron chi connectivity index (χ3n) is 3.19. The maximum Gasteiger partial charge on any atom is 0.0701 e. The van der Waals surface area contributed by atoms with Crippen LogP contribution in [0.15, 0.2) is 11.6 Å². The molecule has 1 saturated carbocycles. The summed E-state index contributed by atoms with van der Waals surface area (Å²) in [5.41, 5.74) is 1.62. The van der Waals surface area contributed by atoms with Gasteiger partial charge in [0.25, 0.3) is 0 Å². The zero-order valence-electron chi connectivity index (χ0n) is 8.04. The molecule has 0 aliphatic heterocycles. The highest BCUT2D eigenvalue weighted by atomic mass is 16.5. The summed E-state index contributed by atoms with van der Waals surface area (Å²) in [5.74, 6) is 0.681. The van der Waals surface area contributed by atoms with Crippen molar-refractivity contribution in [3.05, 3.63) is 11.6 Å². The summed E-state index contributed by atoms with van der Waals surface area (Å²) in [4.78, 5) is 0. The molecule has 0 aromatic rings. The highest BCUT2D eigenvalue weighted by Gasteiger charge is 2.31. The Labute approximate surface area is 79.6 Å². The zero-order valence-corrected chi connectivity index (χ0v) is 8.04. The quantitative estimate of drug-likeness (QED) is 0.675. The van der Waals surface area contributed by atoms with Gasteiger partial charge in [0.1, 0.15) is 0 Å². The predicted molar refractivity (Wildman–Crippen MR) is 51.5 cm³/mol. The highest BCUT2D eigenvalue weighted by Crippen LogP contribution is 2.39. The molecule has 2 atom stereocenters. The molecule has 1 fully saturated rings. The molecule has 2 aliphatic rings. The molecule has 2 nitrogen and oxygen atoms in total. The number of rotatable bonds is 3. The highest BCUT2D eigenvalue weighted by molar-refractivity contribution is 5.16. The van der Waals surface area contributed by atoms with Gasteiger partial charge in [-0.3, -0.25) is 0 Å². The van der Waals surface area contributed by atoms with Crippen LogP contribution in [0, 0.1) is 5.92 Å². The first-order valence-electron chi connectivity index (χ1n) is 5.33. The number of allylic oxidation sites excluding steroid dienone is 1. The van der Waals surface area contributed by atoms with Crippen LogP contribution in [0.3, 0.4) is 0 Å². The number of hydrogen-bond acceptors (Lipinski definition) is 2. The van der Waals surface area contributed by atoms with Crippen molar-refractivity contribution in [1.82, 2.24) is 0 Å². The zero-order chi connectivity index (χ0) is 9.10. The fraction of sp³-hybridized carbons (Fsp3) is 0.818. The lowest BCUT2D eigenvalue weighted by Gasteiger charge is -2.28. The third-order valence-corrected chi connectivity index (χ3v) is 3.19. The van der Waals surface area contributed by atoms with Gasteiger partial charge in [0.2, 0.25) is 0 Å². The molecule has 0 amide bonds. The van der Waals surface area contributed by atoms with E-state index < -0.39 is 0 Å². The molecule has 74 valence electrons. The Morgan fingerprint density at radius 2 is 2.38 bits per heavy atom. The van der Waals surface area contributed by atoms with Crippen molar-refractivity contribution in [3.63, 3.8) is 0 Å². The third kappa shape index (κ3) is 1.94. The lowest BCUT2D eigenvalue weighted by Crippen LogP contribution is -2.26. The number of ether oxygens (including phenoxy) is 1. The van der Waals surface area contributed by atoms with Gasteiger partial charge in [-0.2, -0.15) is 0 Å². The van der Waals surface area contributed by atoms with E-state index in [-0.39, 0.29) is 6.61 Å². The summed E-state index contributed by atoms with van der Waals surface area (Å²) in [5, 5.41) is 8.70. The molecule has 0 aromatic carbocycles. The second-order valence-corrected chi connectivity index (χ2v) is 3.99. The molecule has 0 saturated heterocycles. The summed E-state index contributed by atoms with van der Waals surface area (Å²) in [6.45, 7) is 0.663. The molecule has 1 N–H and O–H groups in total. The van der Waals surface area contributed by atoms with E-state index >= 15 is 0 Å². The van der Waals surface area contributed by atoms with Crippen LogP contribution in [-0.2, 0) is 4.74 Å². The van der Waals surface area contributed by atoms with E-state index in [0.717, 1.165) is 6.42 Å². The minimum absolute atomic E-state index is 0.155. The molecular formula is C11H18O2. The van der Waals surface area contributed by atoms with Crippen LogP contribution in [0.2, 0.25) is 0 Å². The van der Waals surface area contributed by atoms with E-state index in [0.29, 0.717) is 18.6 Å². The van der Waals surface area contributed by atoms with Gasteiger partial charge in [-0.1, -0.05) is 11.6 Å². The average Bonchev–Trinajstić information content (AvgIpc) is 2.62. The standard InChI is InChI=1S/C11H18O2/c12-7-8-13-11-6-2-4-9-3-1-5-10(9)11/h4,10-12H,1-3,5-8H2. The maximum atomic E-state index is 8.70. The Kier molecular flexibility index (Phi) is 3.01. The second-order valence-electron chi connectivity index (χ2n) is 3.99. The molecule has 2 unspecified atom stereocenters. The Morgan fingerprint density at radius 3 is 3.23 bits per heavy atom. The lowest BCUT2D eigenvalue weighted by atomic mass is 9.87. The van der Waals surface area contributed by atoms with Crippen molar-refractivity contribution in [2.45, 2.75) is 38.2 Å². The van der Waals surface area contributed by atoms with Crippen LogP contribution in [0.5, 0.6) is 0 Å². The van der Waals surface area contributed by atoms with Gasteiger partial charge in [0.05, 0.1) is 19.3 Å². The fourth-order valence-corrected chi connectivity index (χ4v) is 2.61. The maximum absolute atomic E-state index is 8.70. The number of aliphatic hydroxyl groups is 1. The Balaban J connectivity index is 1.93. The molecule has 0 spiro atoms. The van der Waals surface area contributed by atoms with Crippen LogP contribution in [0.25, 0.3) is 0 Å². The summed E-state index contributed by atoms with van der Waals surface area (Å²) in [6.07, 6.45) is 9.02. The van der Waals surface area contributed by atoms with Gasteiger partial charge in [-0.25, -0.2) is 0 Å². The predicted octanol–water partition coefficient (Wildman–Crippen LogP) is 1.88. The summed E-state index contributed by atoms with van der Waals surface area (Å²) < 4.78 is 5.66. The molecule has 0 bridgehead atoms. The monoisotopic (exact) mass is 182 g/mol. The lowest BCUT2D eigenvalue weighted by molar-refractivity contribution is -0.00263. The minimum Gasteiger partial charge on any atom is -0.394 e. The first-order chi connectivity index (χ1) is 6.42. The van der Waals surface area contributed by atoms with Crippen molar-refractivity contribution < 1.29 is 9.84 Å². The van der Waals surface area contributed by atoms with Crippen LogP contribution in [-0.4, -0.2) is 24.4 Å². The fourth-order valence-electron chi connectivity index (χ4n) is 2.61. The summed E-state index contributed by atoms with van der Waals surface area (Å²) in [7, 11) is 0. The van der Waals surface area contributed by atoms with Gasteiger partial charge in [0, 0.05) is 5.92 Å². The molecule has 2 aliphatic carbocycles. The largest absolute Gasteiger partial charge is 0.394 e. The van der Waals surface area contributed by atoms with Gasteiger partial charge >= 0.3 is 0 Å². The van der Waals surface area contributed by atoms with Crippen molar-refractivity contribution in [2.24, 2.45) is 5.92 Å². The topological polar surface area (TPSA) is 29.5 Å². The Hall–Kier alpha value is -0.340. The Morgan fingerprint density at radius 1 is 1.46 bits per heavy atom. The number of aliphatic hydroxyl groups excluding tert-OH is 1. The van der Waals surface area contributed by atoms with Gasteiger partial charge in [0.15, 0.2) is 0 Å². The molecule has 0 radical (unpaired) electrons. The SMILES string of the molecule is OCCOC1CCC=C2CCCC21. The van der Waals surface area contributed by atoms with Crippen molar-refractivity contribution >= 4 is 0 Å². The second kappa shape index (κ2) is 4.25. The van der Waals surface area contributed by atoms with Crippen molar-refractivity contribution in [3.8, 4) is 0 Å². The van der Waals surface area contributed by atoms with E-state index in [9.17, 15) is 0 Å². The first kappa shape index (κ1) is 9.22. The van der Waals surface area contributed by atoms with E-state index in [1.807, 2.05) is 0 Å². The summed E-state index contributed by atoms with van der Waals surface area (Å²) in [6, 6.07) is 0. The van der Waals surface area contributed by atoms with Crippen molar-refractivity contribution in [1.29, 1.82) is 0 Å². The molecule has 0 aromatic heterocycles. The molecule has 13 heavy (non-hydrogen) atoms.